The van der Waals surface area contributed by atoms with Crippen molar-refractivity contribution in [1.29, 1.82) is 0 Å². The summed E-state index contributed by atoms with van der Waals surface area (Å²) in [4.78, 5) is 12.6. The van der Waals surface area contributed by atoms with Crippen molar-refractivity contribution in [3.05, 3.63) is 63.1 Å². The van der Waals surface area contributed by atoms with Crippen LogP contribution in [0.5, 0.6) is 0 Å². The monoisotopic (exact) mass is 345 g/mol. The van der Waals surface area contributed by atoms with E-state index in [1.54, 1.807) is 0 Å². The van der Waals surface area contributed by atoms with Crippen LogP contribution in [0.2, 0.25) is 0 Å². The van der Waals surface area contributed by atoms with Crippen molar-refractivity contribution >= 4 is 27.4 Å². The Bertz CT molecular complexity index is 662. The van der Waals surface area contributed by atoms with Gasteiger partial charge in [-0.3, -0.25) is 4.79 Å². The van der Waals surface area contributed by atoms with Crippen molar-refractivity contribution in [2.75, 3.05) is 5.73 Å². The van der Waals surface area contributed by atoms with E-state index in [1.165, 1.54) is 5.56 Å². The van der Waals surface area contributed by atoms with Gasteiger partial charge in [0.15, 0.2) is 5.78 Å². The molecule has 110 valence electrons. The summed E-state index contributed by atoms with van der Waals surface area (Å²) in [7, 11) is 0. The predicted molar refractivity (Wildman–Crippen MR) is 91.9 cm³/mol. The van der Waals surface area contributed by atoms with Crippen molar-refractivity contribution in [1.82, 2.24) is 0 Å². The van der Waals surface area contributed by atoms with Gasteiger partial charge >= 0.3 is 0 Å². The lowest BCUT2D eigenvalue weighted by Crippen LogP contribution is -2.06. The molecule has 2 aromatic rings. The van der Waals surface area contributed by atoms with Crippen LogP contribution in [0.4, 0.5) is 5.69 Å². The van der Waals surface area contributed by atoms with E-state index in [4.69, 9.17) is 5.73 Å². The molecule has 0 saturated heterocycles. The zero-order chi connectivity index (χ0) is 15.6. The molecule has 2 N–H and O–H groups in total. The smallest absolute Gasteiger partial charge is 0.193 e. The molecule has 2 nitrogen and oxygen atoms in total. The second kappa shape index (κ2) is 6.44. The lowest BCUT2D eigenvalue weighted by molar-refractivity contribution is 0.103. The summed E-state index contributed by atoms with van der Waals surface area (Å²) in [5.41, 5.74) is 10.0. The minimum atomic E-state index is 0.0104. The highest BCUT2D eigenvalue weighted by Gasteiger charge is 2.15. The first kappa shape index (κ1) is 15.8. The van der Waals surface area contributed by atoms with Gasteiger partial charge in [0.25, 0.3) is 0 Å². The molecular weight excluding hydrogens is 326 g/mol. The van der Waals surface area contributed by atoms with Crippen LogP contribution in [0.3, 0.4) is 0 Å². The van der Waals surface area contributed by atoms with Gasteiger partial charge in [-0.2, -0.15) is 0 Å². The summed E-state index contributed by atoms with van der Waals surface area (Å²) in [6.45, 7) is 6.23. The molecule has 0 spiro atoms. The lowest BCUT2D eigenvalue weighted by atomic mass is 9.94. The number of nitrogens with two attached hydrogens (primary N) is 1. The maximum Gasteiger partial charge on any atom is 0.193 e. The van der Waals surface area contributed by atoms with Crippen LogP contribution in [-0.4, -0.2) is 5.78 Å². The standard InChI is InChI=1S/C18H20BrNO/c1-4-11(2)13-5-7-14(8-6-13)18(21)16-9-15(19)10-17(20)12(16)3/h5-11H,4,20H2,1-3H3. The number of hydrogen-bond acceptors (Lipinski definition) is 2. The Labute approximate surface area is 134 Å². The molecule has 0 aliphatic rings. The second-order valence-electron chi connectivity index (χ2n) is 5.43. The lowest BCUT2D eigenvalue weighted by Gasteiger charge is -2.11. The summed E-state index contributed by atoms with van der Waals surface area (Å²) in [5.74, 6) is 0.522. The molecule has 1 atom stereocenters. The molecule has 0 aromatic heterocycles. The Hall–Kier alpha value is -1.61. The Kier molecular flexibility index (Phi) is 4.84. The van der Waals surface area contributed by atoms with Gasteiger partial charge in [0.2, 0.25) is 0 Å². The molecule has 0 bridgehead atoms. The van der Waals surface area contributed by atoms with Gasteiger partial charge in [-0.15, -0.1) is 0 Å². The number of carbonyl (C=O) groups excluding carboxylic acids is 1. The van der Waals surface area contributed by atoms with Gasteiger partial charge in [0.05, 0.1) is 0 Å². The van der Waals surface area contributed by atoms with Gasteiger partial charge in [0, 0.05) is 21.3 Å². The van der Waals surface area contributed by atoms with Gasteiger partial charge in [-0.1, -0.05) is 54.0 Å². The van der Waals surface area contributed by atoms with E-state index in [9.17, 15) is 4.79 Å². The topological polar surface area (TPSA) is 43.1 Å². The maximum absolute atomic E-state index is 12.6. The molecule has 0 heterocycles. The molecule has 0 aliphatic heterocycles. The Morgan fingerprint density at radius 1 is 1.24 bits per heavy atom. The molecule has 0 saturated carbocycles. The molecule has 1 unspecified atom stereocenters. The van der Waals surface area contributed by atoms with Crippen LogP contribution in [0.1, 0.15) is 53.2 Å². The Morgan fingerprint density at radius 3 is 2.43 bits per heavy atom. The van der Waals surface area contributed by atoms with Gasteiger partial charge in [-0.05, 0) is 42.5 Å². The van der Waals surface area contributed by atoms with E-state index in [0.29, 0.717) is 22.7 Å². The third-order valence-electron chi connectivity index (χ3n) is 4.01. The van der Waals surface area contributed by atoms with Crippen LogP contribution >= 0.6 is 15.9 Å². The van der Waals surface area contributed by atoms with Crippen LogP contribution < -0.4 is 5.73 Å². The highest BCUT2D eigenvalue weighted by atomic mass is 79.9. The molecule has 0 radical (unpaired) electrons. The Balaban J connectivity index is 2.37. The van der Waals surface area contributed by atoms with Gasteiger partial charge in [0.1, 0.15) is 0 Å². The van der Waals surface area contributed by atoms with Gasteiger partial charge < -0.3 is 5.73 Å². The quantitative estimate of drug-likeness (QED) is 0.619. The maximum atomic E-state index is 12.6. The first-order valence-corrected chi connectivity index (χ1v) is 7.93. The van der Waals surface area contributed by atoms with Gasteiger partial charge in [-0.25, -0.2) is 0 Å². The second-order valence-corrected chi connectivity index (χ2v) is 6.34. The number of hydrogen-bond donors (Lipinski definition) is 1. The van der Waals surface area contributed by atoms with E-state index in [-0.39, 0.29) is 5.78 Å². The highest BCUT2D eigenvalue weighted by Crippen LogP contribution is 2.26. The average molecular weight is 346 g/mol. The summed E-state index contributed by atoms with van der Waals surface area (Å²) >= 11 is 3.40. The summed E-state index contributed by atoms with van der Waals surface area (Å²) in [6.07, 6.45) is 1.09. The summed E-state index contributed by atoms with van der Waals surface area (Å²) < 4.78 is 0.824. The zero-order valence-corrected chi connectivity index (χ0v) is 14.2. The first-order valence-electron chi connectivity index (χ1n) is 7.14. The van der Waals surface area contributed by atoms with Crippen molar-refractivity contribution in [3.8, 4) is 0 Å². The first-order chi connectivity index (χ1) is 9.93. The van der Waals surface area contributed by atoms with Crippen molar-refractivity contribution in [3.63, 3.8) is 0 Å². The van der Waals surface area contributed by atoms with E-state index in [1.807, 2.05) is 43.3 Å². The van der Waals surface area contributed by atoms with Crippen LogP contribution in [0.25, 0.3) is 0 Å². The molecule has 21 heavy (non-hydrogen) atoms. The summed E-state index contributed by atoms with van der Waals surface area (Å²) in [6, 6.07) is 11.5. The largest absolute Gasteiger partial charge is 0.398 e. The molecule has 0 amide bonds. The molecule has 0 aliphatic carbocycles. The van der Waals surface area contributed by atoms with Crippen molar-refractivity contribution in [2.24, 2.45) is 0 Å². The molecule has 3 heteroatoms. The SMILES string of the molecule is CCC(C)c1ccc(C(=O)c2cc(Br)cc(N)c2C)cc1. The number of halogens is 1. The average Bonchev–Trinajstić information content (AvgIpc) is 2.49. The van der Waals surface area contributed by atoms with Crippen LogP contribution in [0, 0.1) is 6.92 Å². The number of nitrogen functional groups attached to an aromatic ring is 1. The molecule has 2 aromatic carbocycles. The number of ketones is 1. The van der Waals surface area contributed by atoms with E-state index >= 15 is 0 Å². The molecular formula is C18H20BrNO. The third-order valence-corrected chi connectivity index (χ3v) is 4.47. The fourth-order valence-corrected chi connectivity index (χ4v) is 2.77. The number of benzene rings is 2. The molecule has 0 fully saturated rings. The minimum Gasteiger partial charge on any atom is -0.398 e. The number of anilines is 1. The van der Waals surface area contributed by atoms with Crippen LogP contribution in [-0.2, 0) is 0 Å². The van der Waals surface area contributed by atoms with Crippen LogP contribution in [0.15, 0.2) is 40.9 Å². The van der Waals surface area contributed by atoms with Crippen molar-refractivity contribution in [2.45, 2.75) is 33.1 Å². The third kappa shape index (κ3) is 3.35. The normalized spacial score (nSPS) is 12.2. The zero-order valence-electron chi connectivity index (χ0n) is 12.6. The fraction of sp³-hybridized carbons (Fsp3) is 0.278. The predicted octanol–water partition coefficient (Wildman–Crippen LogP) is 5.08. The fourth-order valence-electron chi connectivity index (χ4n) is 2.29. The highest BCUT2D eigenvalue weighted by molar-refractivity contribution is 9.10. The number of carbonyl (C=O) groups is 1. The number of rotatable bonds is 4. The summed E-state index contributed by atoms with van der Waals surface area (Å²) in [5, 5.41) is 0. The minimum absolute atomic E-state index is 0.0104. The molecule has 2 rings (SSSR count). The van der Waals surface area contributed by atoms with Crippen molar-refractivity contribution < 1.29 is 4.79 Å². The van der Waals surface area contributed by atoms with E-state index < -0.39 is 0 Å². The van der Waals surface area contributed by atoms with E-state index in [2.05, 4.69) is 29.8 Å². The van der Waals surface area contributed by atoms with E-state index in [0.717, 1.165) is 16.5 Å². The Morgan fingerprint density at radius 2 is 1.86 bits per heavy atom.